The molecule has 0 aromatic rings. The molecule has 1 aliphatic rings. The highest BCUT2D eigenvalue weighted by Gasteiger charge is 2.63. The summed E-state index contributed by atoms with van der Waals surface area (Å²) < 4.78 is 9.56. The van der Waals surface area contributed by atoms with Crippen molar-refractivity contribution in [2.24, 2.45) is 5.41 Å². The van der Waals surface area contributed by atoms with Crippen LogP contribution in [-0.2, 0) is 19.1 Å². The van der Waals surface area contributed by atoms with Crippen LogP contribution >= 0.6 is 0 Å². The van der Waals surface area contributed by atoms with Crippen LogP contribution in [0.25, 0.3) is 0 Å². The second-order valence-electron chi connectivity index (χ2n) is 3.87. The molecule has 0 aromatic carbocycles. The van der Waals surface area contributed by atoms with Crippen molar-refractivity contribution in [3.63, 3.8) is 0 Å². The van der Waals surface area contributed by atoms with Gasteiger partial charge < -0.3 is 9.47 Å². The third-order valence-electron chi connectivity index (χ3n) is 2.80. The van der Waals surface area contributed by atoms with Crippen molar-refractivity contribution >= 4 is 11.9 Å². The zero-order valence-electron chi connectivity index (χ0n) is 9.80. The minimum Gasteiger partial charge on any atom is -0.465 e. The van der Waals surface area contributed by atoms with Crippen molar-refractivity contribution in [1.82, 2.24) is 0 Å². The van der Waals surface area contributed by atoms with Gasteiger partial charge in [-0.05, 0) is 13.8 Å². The molecule has 1 saturated carbocycles. The van der Waals surface area contributed by atoms with Gasteiger partial charge in [-0.3, -0.25) is 19.7 Å². The molecule has 1 aliphatic carbocycles. The monoisotopic (exact) mass is 245 g/mol. The summed E-state index contributed by atoms with van der Waals surface area (Å²) in [5.74, 6) is -1.45. The van der Waals surface area contributed by atoms with Gasteiger partial charge in [0.2, 0.25) is 6.04 Å². The molecular formula is C10H15NO6. The van der Waals surface area contributed by atoms with Crippen molar-refractivity contribution in [3.8, 4) is 0 Å². The van der Waals surface area contributed by atoms with Gasteiger partial charge in [0.25, 0.3) is 0 Å². The molecule has 7 heteroatoms. The molecule has 0 bridgehead atoms. The molecule has 0 atom stereocenters. The van der Waals surface area contributed by atoms with Gasteiger partial charge >= 0.3 is 11.9 Å². The Hall–Kier alpha value is -1.66. The van der Waals surface area contributed by atoms with Crippen LogP contribution in [0.5, 0.6) is 0 Å². The summed E-state index contributed by atoms with van der Waals surface area (Å²) in [6, 6.07) is -0.871. The van der Waals surface area contributed by atoms with Crippen LogP contribution in [0.4, 0.5) is 0 Å². The average Bonchev–Trinajstić information content (AvgIpc) is 2.16. The molecule has 0 aliphatic heterocycles. The van der Waals surface area contributed by atoms with Crippen LogP contribution in [0.15, 0.2) is 0 Å². The van der Waals surface area contributed by atoms with Gasteiger partial charge in [0.15, 0.2) is 5.41 Å². The standard InChI is InChI=1S/C10H15NO6/c1-3-16-8(12)10(9(13)17-4-2)5-7(6-10)11(14)15/h7H,3-6H2,1-2H3. The average molecular weight is 245 g/mol. The van der Waals surface area contributed by atoms with E-state index in [-0.39, 0.29) is 26.1 Å². The van der Waals surface area contributed by atoms with Gasteiger partial charge in [-0.2, -0.15) is 0 Å². The van der Waals surface area contributed by atoms with E-state index in [2.05, 4.69) is 0 Å². The normalized spacial score (nSPS) is 18.0. The van der Waals surface area contributed by atoms with Crippen LogP contribution in [-0.4, -0.2) is 36.1 Å². The fraction of sp³-hybridized carbons (Fsp3) is 0.800. The summed E-state index contributed by atoms with van der Waals surface area (Å²) in [5.41, 5.74) is -1.47. The lowest BCUT2D eigenvalue weighted by Gasteiger charge is -2.37. The molecule has 0 saturated heterocycles. The largest absolute Gasteiger partial charge is 0.465 e. The molecule has 0 radical (unpaired) electrons. The van der Waals surface area contributed by atoms with Gasteiger partial charge in [0.1, 0.15) is 0 Å². The number of nitro groups is 1. The quantitative estimate of drug-likeness (QED) is 0.303. The molecule has 17 heavy (non-hydrogen) atoms. The SMILES string of the molecule is CCOC(=O)C1(C(=O)OCC)CC([N+](=O)[O-])C1. The number of nitrogens with zero attached hydrogens (tertiary/aromatic N) is 1. The van der Waals surface area contributed by atoms with Crippen LogP contribution in [0, 0.1) is 15.5 Å². The highest BCUT2D eigenvalue weighted by molar-refractivity contribution is 6.01. The van der Waals surface area contributed by atoms with Crippen molar-refractivity contribution in [2.45, 2.75) is 32.7 Å². The van der Waals surface area contributed by atoms with Crippen molar-refractivity contribution in [1.29, 1.82) is 0 Å². The number of hydrogen-bond donors (Lipinski definition) is 0. The van der Waals surface area contributed by atoms with Crippen LogP contribution in [0.3, 0.4) is 0 Å². The van der Waals surface area contributed by atoms with E-state index in [0.29, 0.717) is 0 Å². The Morgan fingerprint density at radius 2 is 1.65 bits per heavy atom. The number of rotatable bonds is 5. The highest BCUT2D eigenvalue weighted by Crippen LogP contribution is 2.44. The number of ether oxygens (including phenoxy) is 2. The molecule has 7 nitrogen and oxygen atoms in total. The Morgan fingerprint density at radius 1 is 1.24 bits per heavy atom. The van der Waals surface area contributed by atoms with Crippen molar-refractivity contribution in [3.05, 3.63) is 10.1 Å². The van der Waals surface area contributed by atoms with Gasteiger partial charge in [0.05, 0.1) is 13.2 Å². The van der Waals surface area contributed by atoms with Crippen LogP contribution in [0.1, 0.15) is 26.7 Å². The summed E-state index contributed by atoms with van der Waals surface area (Å²) in [6.45, 7) is 3.48. The van der Waals surface area contributed by atoms with Crippen molar-refractivity contribution < 1.29 is 24.0 Å². The molecule has 96 valence electrons. The zero-order chi connectivity index (χ0) is 13.1. The third kappa shape index (κ3) is 2.37. The molecule has 0 unspecified atom stereocenters. The second-order valence-corrected chi connectivity index (χ2v) is 3.87. The molecule has 0 aromatic heterocycles. The Morgan fingerprint density at radius 3 is 1.94 bits per heavy atom. The first-order chi connectivity index (χ1) is 7.97. The van der Waals surface area contributed by atoms with Gasteiger partial charge in [-0.1, -0.05) is 0 Å². The molecule has 0 N–H and O–H groups in total. The smallest absolute Gasteiger partial charge is 0.324 e. The number of hydrogen-bond acceptors (Lipinski definition) is 6. The van der Waals surface area contributed by atoms with Crippen molar-refractivity contribution in [2.75, 3.05) is 13.2 Å². The van der Waals surface area contributed by atoms with E-state index in [1.165, 1.54) is 0 Å². The minimum atomic E-state index is -1.47. The van der Waals surface area contributed by atoms with Gasteiger partial charge in [-0.15, -0.1) is 0 Å². The molecule has 0 spiro atoms. The van der Waals surface area contributed by atoms with E-state index in [1.54, 1.807) is 13.8 Å². The van der Waals surface area contributed by atoms with Gasteiger partial charge in [-0.25, -0.2) is 0 Å². The second kappa shape index (κ2) is 5.11. The predicted octanol–water partition coefficient (Wildman–Crippen LogP) is 0.538. The summed E-state index contributed by atoms with van der Waals surface area (Å²) in [7, 11) is 0. The maximum Gasteiger partial charge on any atom is 0.324 e. The first-order valence-electron chi connectivity index (χ1n) is 5.46. The summed E-state index contributed by atoms with van der Waals surface area (Å²) in [4.78, 5) is 33.4. The Kier molecular flexibility index (Phi) is 4.03. The van der Waals surface area contributed by atoms with Crippen LogP contribution < -0.4 is 0 Å². The van der Waals surface area contributed by atoms with E-state index in [9.17, 15) is 19.7 Å². The fourth-order valence-corrected chi connectivity index (χ4v) is 1.85. The van der Waals surface area contributed by atoms with E-state index in [1.807, 2.05) is 0 Å². The van der Waals surface area contributed by atoms with E-state index >= 15 is 0 Å². The molecule has 0 heterocycles. The lowest BCUT2D eigenvalue weighted by Crippen LogP contribution is -2.56. The topological polar surface area (TPSA) is 95.7 Å². The highest BCUT2D eigenvalue weighted by atomic mass is 16.6. The Bertz CT molecular complexity index is 314. The predicted molar refractivity (Wildman–Crippen MR) is 55.7 cm³/mol. The lowest BCUT2D eigenvalue weighted by molar-refractivity contribution is -0.543. The maximum absolute atomic E-state index is 11.7. The Balaban J connectivity index is 2.78. The first kappa shape index (κ1) is 13.4. The fourth-order valence-electron chi connectivity index (χ4n) is 1.85. The van der Waals surface area contributed by atoms with Gasteiger partial charge in [0, 0.05) is 17.8 Å². The lowest BCUT2D eigenvalue weighted by atomic mass is 9.65. The van der Waals surface area contributed by atoms with Crippen LogP contribution in [0.2, 0.25) is 0 Å². The molecule has 1 fully saturated rings. The third-order valence-corrected chi connectivity index (χ3v) is 2.80. The molecule has 0 amide bonds. The number of esters is 2. The molecular weight excluding hydrogens is 230 g/mol. The Labute approximate surface area is 98.2 Å². The molecule has 1 rings (SSSR count). The van der Waals surface area contributed by atoms with E-state index in [0.717, 1.165) is 0 Å². The number of carbonyl (C=O) groups is 2. The van der Waals surface area contributed by atoms with E-state index in [4.69, 9.17) is 9.47 Å². The first-order valence-corrected chi connectivity index (χ1v) is 5.46. The van der Waals surface area contributed by atoms with E-state index < -0.39 is 28.3 Å². The zero-order valence-corrected chi connectivity index (χ0v) is 9.80. The summed E-state index contributed by atoms with van der Waals surface area (Å²) >= 11 is 0. The number of carbonyl (C=O) groups excluding carboxylic acids is 2. The summed E-state index contributed by atoms with van der Waals surface area (Å²) in [5, 5.41) is 10.5. The maximum atomic E-state index is 11.7. The minimum absolute atomic E-state index is 0.128. The summed E-state index contributed by atoms with van der Waals surface area (Å²) in [6.07, 6.45) is -0.282.